The Kier molecular flexibility index (Phi) is 3.38. The molecule has 0 aromatic heterocycles. The van der Waals surface area contributed by atoms with Crippen molar-refractivity contribution in [1.82, 2.24) is 0 Å². The van der Waals surface area contributed by atoms with Crippen LogP contribution in [-0.4, -0.2) is 66.8 Å². The quantitative estimate of drug-likeness (QED) is 0.287. The maximum absolute atomic E-state index is 10.4. The van der Waals surface area contributed by atoms with Gasteiger partial charge in [-0.1, -0.05) is 0 Å². The van der Waals surface area contributed by atoms with E-state index >= 15 is 0 Å². The van der Waals surface area contributed by atoms with Gasteiger partial charge < -0.3 is 20.4 Å². The smallest absolute Gasteiger partial charge is 0.269 e. The highest BCUT2D eigenvalue weighted by Gasteiger charge is 2.60. The number of hydrogen-bond acceptors (Lipinski definition) is 8. The molecule has 0 aliphatic heterocycles. The molecule has 0 heterocycles. The van der Waals surface area contributed by atoms with Crippen LogP contribution in [0.15, 0.2) is 0 Å². The van der Waals surface area contributed by atoms with Crippen molar-refractivity contribution in [2.24, 2.45) is 0 Å². The van der Waals surface area contributed by atoms with Crippen LogP contribution in [0, 0.1) is 20.2 Å². The molecule has 1 saturated carbocycles. The first-order valence-electron chi connectivity index (χ1n) is 4.28. The van der Waals surface area contributed by atoms with E-state index in [4.69, 9.17) is 0 Å². The molecule has 4 N–H and O–H groups in total. The third-order valence-electron chi connectivity index (χ3n) is 2.59. The molecule has 16 heavy (non-hydrogen) atoms. The number of aliphatic hydroxyl groups is 4. The fraction of sp³-hybridized carbons (Fsp3) is 1.00. The average molecular weight is 238 g/mol. The average Bonchev–Trinajstić information content (AvgIpc) is 2.14. The number of nitro groups is 2. The molecule has 0 amide bonds. The molecule has 0 aromatic rings. The lowest BCUT2D eigenvalue weighted by Gasteiger charge is -2.35. The normalized spacial score (nSPS) is 44.0. The van der Waals surface area contributed by atoms with Gasteiger partial charge in [-0.3, -0.25) is 20.2 Å². The summed E-state index contributed by atoms with van der Waals surface area (Å²) in [7, 11) is 0. The summed E-state index contributed by atoms with van der Waals surface area (Å²) >= 11 is 0. The number of rotatable bonds is 2. The fourth-order valence-corrected chi connectivity index (χ4v) is 1.71. The second-order valence-corrected chi connectivity index (χ2v) is 3.51. The van der Waals surface area contributed by atoms with Gasteiger partial charge in [0.2, 0.25) is 0 Å². The van der Waals surface area contributed by atoms with Crippen LogP contribution in [0.25, 0.3) is 0 Å². The van der Waals surface area contributed by atoms with Gasteiger partial charge in [-0.25, -0.2) is 0 Å². The third-order valence-corrected chi connectivity index (χ3v) is 2.59. The van der Waals surface area contributed by atoms with Gasteiger partial charge in [-0.2, -0.15) is 0 Å². The van der Waals surface area contributed by atoms with Crippen molar-refractivity contribution in [3.63, 3.8) is 0 Å². The summed E-state index contributed by atoms with van der Waals surface area (Å²) in [6.07, 6.45) is -8.43. The summed E-state index contributed by atoms with van der Waals surface area (Å²) in [6.45, 7) is 0. The summed E-state index contributed by atoms with van der Waals surface area (Å²) in [5.41, 5.74) is 0. The van der Waals surface area contributed by atoms with Crippen molar-refractivity contribution in [3.8, 4) is 0 Å². The minimum atomic E-state index is -2.11. The van der Waals surface area contributed by atoms with Crippen molar-refractivity contribution < 1.29 is 30.3 Å². The van der Waals surface area contributed by atoms with E-state index in [1.807, 2.05) is 0 Å². The van der Waals surface area contributed by atoms with Gasteiger partial charge >= 0.3 is 0 Å². The molecular weight excluding hydrogens is 228 g/mol. The summed E-state index contributed by atoms with van der Waals surface area (Å²) in [5, 5.41) is 57.9. The first-order valence-corrected chi connectivity index (χ1v) is 4.28. The van der Waals surface area contributed by atoms with E-state index in [0.717, 1.165) is 0 Å². The molecule has 0 spiro atoms. The van der Waals surface area contributed by atoms with Crippen LogP contribution >= 0.6 is 0 Å². The van der Waals surface area contributed by atoms with E-state index < -0.39 is 46.3 Å². The summed E-state index contributed by atoms with van der Waals surface area (Å²) in [4.78, 5) is 18.7. The zero-order chi connectivity index (χ0) is 12.6. The predicted octanol–water partition coefficient (Wildman–Crippen LogP) is -3.27. The molecule has 1 rings (SSSR count). The van der Waals surface area contributed by atoms with Gasteiger partial charge in [0.25, 0.3) is 12.1 Å². The molecule has 1 aliphatic rings. The van der Waals surface area contributed by atoms with Crippen molar-refractivity contribution in [2.75, 3.05) is 0 Å². The van der Waals surface area contributed by atoms with Crippen molar-refractivity contribution in [1.29, 1.82) is 0 Å². The Morgan fingerprint density at radius 3 is 1.00 bits per heavy atom. The number of nitrogens with zero attached hydrogens (tertiary/aromatic N) is 2. The predicted molar refractivity (Wildman–Crippen MR) is 45.6 cm³/mol. The van der Waals surface area contributed by atoms with Crippen LogP contribution in [0.3, 0.4) is 0 Å². The first kappa shape index (κ1) is 12.7. The molecular formula is C6H10N2O8. The lowest BCUT2D eigenvalue weighted by molar-refractivity contribution is -0.595. The molecule has 2 unspecified atom stereocenters. The zero-order valence-electron chi connectivity index (χ0n) is 7.78. The van der Waals surface area contributed by atoms with Gasteiger partial charge in [0.05, 0.1) is 0 Å². The molecule has 1 aliphatic carbocycles. The second-order valence-electron chi connectivity index (χ2n) is 3.51. The maximum atomic E-state index is 10.4. The van der Waals surface area contributed by atoms with Gasteiger partial charge in [0.1, 0.15) is 0 Å². The largest absolute Gasteiger partial charge is 0.383 e. The standard InChI is InChI=1S/C6H10N2O8/c9-3-1(7(13)14)4(10)6(12)2(5(3)11)8(15)16/h1-6,9-12H/t1?,2?,3-,4-,5-,6+/m1/s1. The monoisotopic (exact) mass is 238 g/mol. The highest BCUT2D eigenvalue weighted by molar-refractivity contribution is 4.99. The van der Waals surface area contributed by atoms with E-state index in [1.54, 1.807) is 0 Å². The molecule has 0 radical (unpaired) electrons. The molecule has 92 valence electrons. The SMILES string of the molecule is O=[N+]([O-])C1[C@@H](O)[C@H](O)C([N+](=O)[O-])[C@H](O)[C@@H]1O. The highest BCUT2D eigenvalue weighted by atomic mass is 16.6. The lowest BCUT2D eigenvalue weighted by Crippen LogP contribution is -2.67. The Morgan fingerprint density at radius 1 is 0.688 bits per heavy atom. The van der Waals surface area contributed by atoms with Crippen LogP contribution in [0.5, 0.6) is 0 Å². The topological polar surface area (TPSA) is 167 Å². The Balaban J connectivity index is 3.03. The van der Waals surface area contributed by atoms with Crippen molar-refractivity contribution in [3.05, 3.63) is 20.2 Å². The van der Waals surface area contributed by atoms with Crippen LogP contribution < -0.4 is 0 Å². The van der Waals surface area contributed by atoms with Crippen LogP contribution in [0.2, 0.25) is 0 Å². The van der Waals surface area contributed by atoms with Crippen molar-refractivity contribution >= 4 is 0 Å². The van der Waals surface area contributed by atoms with Crippen LogP contribution in [0.1, 0.15) is 0 Å². The molecule has 0 bridgehead atoms. The Labute approximate surface area is 88.0 Å². The molecule has 10 nitrogen and oxygen atoms in total. The Bertz CT molecular complexity index is 263. The first-order chi connectivity index (χ1) is 7.29. The van der Waals surface area contributed by atoms with Crippen molar-refractivity contribution in [2.45, 2.75) is 36.5 Å². The number of aliphatic hydroxyl groups excluding tert-OH is 4. The van der Waals surface area contributed by atoms with E-state index in [9.17, 15) is 40.7 Å². The van der Waals surface area contributed by atoms with Gasteiger partial charge in [0, 0.05) is 9.85 Å². The Hall–Kier alpha value is -1.36. The summed E-state index contributed by atoms with van der Waals surface area (Å²) < 4.78 is 0. The van der Waals surface area contributed by atoms with Gasteiger partial charge in [-0.05, 0) is 0 Å². The molecule has 0 saturated heterocycles. The summed E-state index contributed by atoms with van der Waals surface area (Å²) in [6, 6.07) is -4.11. The third kappa shape index (κ3) is 1.82. The van der Waals surface area contributed by atoms with E-state index in [0.29, 0.717) is 0 Å². The second kappa shape index (κ2) is 4.25. The van der Waals surface area contributed by atoms with Crippen LogP contribution in [-0.2, 0) is 0 Å². The van der Waals surface area contributed by atoms with E-state index in [1.165, 1.54) is 0 Å². The minimum Gasteiger partial charge on any atom is -0.383 e. The molecule has 6 atom stereocenters. The van der Waals surface area contributed by atoms with Gasteiger partial charge in [0.15, 0.2) is 24.4 Å². The number of hydrogen-bond donors (Lipinski definition) is 4. The van der Waals surface area contributed by atoms with Gasteiger partial charge in [-0.15, -0.1) is 0 Å². The van der Waals surface area contributed by atoms with Crippen LogP contribution in [0.4, 0.5) is 0 Å². The van der Waals surface area contributed by atoms with E-state index in [-0.39, 0.29) is 0 Å². The zero-order valence-corrected chi connectivity index (χ0v) is 7.78. The molecule has 1 fully saturated rings. The Morgan fingerprint density at radius 2 is 0.875 bits per heavy atom. The van der Waals surface area contributed by atoms with E-state index in [2.05, 4.69) is 0 Å². The highest BCUT2D eigenvalue weighted by Crippen LogP contribution is 2.24. The maximum Gasteiger partial charge on any atom is 0.269 e. The summed E-state index contributed by atoms with van der Waals surface area (Å²) in [5.74, 6) is 0. The fourth-order valence-electron chi connectivity index (χ4n) is 1.71. The molecule has 0 aromatic carbocycles. The minimum absolute atomic E-state index is 1.10. The molecule has 10 heteroatoms. The lowest BCUT2D eigenvalue weighted by atomic mass is 9.82.